The van der Waals surface area contributed by atoms with E-state index in [1.165, 1.54) is 19.3 Å². The number of fused-ring (bicyclic) bond motifs is 3. The molecule has 3 aromatic rings. The van der Waals surface area contributed by atoms with Crippen LogP contribution >= 0.6 is 0 Å². The van der Waals surface area contributed by atoms with E-state index in [2.05, 4.69) is 15.6 Å². The number of rotatable bonds is 3. The molecule has 2 fully saturated rings. The number of piperidine rings is 1. The van der Waals surface area contributed by atoms with Gasteiger partial charge in [0.1, 0.15) is 5.65 Å². The Labute approximate surface area is 168 Å². The molecule has 1 aliphatic carbocycles. The lowest BCUT2D eigenvalue weighted by molar-refractivity contribution is 0.0929. The molecule has 1 aromatic carbocycles. The highest BCUT2D eigenvalue weighted by Crippen LogP contribution is 2.28. The molecule has 3 heterocycles. The number of aromatic nitrogens is 3. The number of carbonyl (C=O) groups is 1. The summed E-state index contributed by atoms with van der Waals surface area (Å²) in [6.45, 7) is 1.88. The van der Waals surface area contributed by atoms with Gasteiger partial charge in [0.2, 0.25) is 0 Å². The lowest BCUT2D eigenvalue weighted by Gasteiger charge is -2.23. The van der Waals surface area contributed by atoms with Gasteiger partial charge >= 0.3 is 0 Å². The molecule has 1 aliphatic heterocycles. The Bertz CT molecular complexity index is 1100. The van der Waals surface area contributed by atoms with Crippen LogP contribution < -0.4 is 16.2 Å². The van der Waals surface area contributed by atoms with Gasteiger partial charge in [0.25, 0.3) is 11.5 Å². The second-order valence-corrected chi connectivity index (χ2v) is 8.35. The molecule has 5 rings (SSSR count). The zero-order valence-electron chi connectivity index (χ0n) is 16.5. The van der Waals surface area contributed by atoms with Crippen LogP contribution in [0.25, 0.3) is 16.6 Å². The standard InChI is InChI=1S/C22H27N5O2/c28-19-13-18(14-9-11-23-12-10-14)27-21(25-19)20-16(7-4-8-17(20)26-27)22(29)24-15-5-2-1-3-6-15/h4,7-8,13-15,23H,1-3,5-6,9-12H2,(H,24,29)(H,25,28). The summed E-state index contributed by atoms with van der Waals surface area (Å²) in [5.74, 6) is 0.209. The van der Waals surface area contributed by atoms with Crippen molar-refractivity contribution in [3.05, 3.63) is 45.9 Å². The summed E-state index contributed by atoms with van der Waals surface area (Å²) in [6.07, 6.45) is 7.60. The van der Waals surface area contributed by atoms with Crippen molar-refractivity contribution in [2.45, 2.75) is 56.9 Å². The highest BCUT2D eigenvalue weighted by atomic mass is 16.1. The summed E-state index contributed by atoms with van der Waals surface area (Å²) in [6, 6.07) is 7.50. The van der Waals surface area contributed by atoms with Crippen molar-refractivity contribution in [3.8, 4) is 0 Å². The van der Waals surface area contributed by atoms with Gasteiger partial charge in [-0.1, -0.05) is 25.3 Å². The first kappa shape index (κ1) is 18.4. The molecular formula is C22H27N5O2. The lowest BCUT2D eigenvalue weighted by atomic mass is 9.94. The zero-order valence-corrected chi connectivity index (χ0v) is 16.5. The first-order valence-electron chi connectivity index (χ1n) is 10.8. The minimum atomic E-state index is -0.143. The minimum absolute atomic E-state index is 0.0782. The molecule has 0 bridgehead atoms. The molecule has 0 atom stereocenters. The van der Waals surface area contributed by atoms with E-state index in [9.17, 15) is 9.59 Å². The van der Waals surface area contributed by atoms with Crippen LogP contribution in [-0.4, -0.2) is 39.6 Å². The molecule has 7 nitrogen and oxygen atoms in total. The molecule has 3 N–H and O–H groups in total. The highest BCUT2D eigenvalue weighted by molar-refractivity contribution is 6.11. The van der Waals surface area contributed by atoms with E-state index < -0.39 is 0 Å². The Balaban J connectivity index is 1.61. The maximum Gasteiger partial charge on any atom is 0.252 e. The van der Waals surface area contributed by atoms with Gasteiger partial charge in [0.15, 0.2) is 0 Å². The van der Waals surface area contributed by atoms with Gasteiger partial charge in [-0.05, 0) is 50.9 Å². The smallest absolute Gasteiger partial charge is 0.252 e. The van der Waals surface area contributed by atoms with Gasteiger partial charge in [-0.25, -0.2) is 4.52 Å². The average Bonchev–Trinajstić information content (AvgIpc) is 3.13. The summed E-state index contributed by atoms with van der Waals surface area (Å²) in [4.78, 5) is 28.5. The van der Waals surface area contributed by atoms with Crippen LogP contribution in [0.5, 0.6) is 0 Å². The van der Waals surface area contributed by atoms with Crippen LogP contribution in [0.2, 0.25) is 0 Å². The Hall–Kier alpha value is -2.67. The quantitative estimate of drug-likeness (QED) is 0.638. The molecule has 0 unspecified atom stereocenters. The van der Waals surface area contributed by atoms with Crippen LogP contribution in [-0.2, 0) is 0 Å². The van der Waals surface area contributed by atoms with Crippen molar-refractivity contribution < 1.29 is 4.79 Å². The normalized spacial score (nSPS) is 19.0. The molecule has 29 heavy (non-hydrogen) atoms. The molecule has 0 spiro atoms. The molecule has 2 aromatic heterocycles. The van der Waals surface area contributed by atoms with E-state index in [0.29, 0.717) is 11.2 Å². The van der Waals surface area contributed by atoms with Crippen LogP contribution in [0.15, 0.2) is 29.1 Å². The lowest BCUT2D eigenvalue weighted by Crippen LogP contribution is -2.36. The number of nitrogens with one attached hydrogen (secondary N) is 3. The number of carbonyl (C=O) groups excluding carboxylic acids is 1. The van der Waals surface area contributed by atoms with Gasteiger partial charge in [0.05, 0.1) is 22.2 Å². The minimum Gasteiger partial charge on any atom is -0.349 e. The van der Waals surface area contributed by atoms with Crippen molar-refractivity contribution in [2.75, 3.05) is 13.1 Å². The van der Waals surface area contributed by atoms with Crippen LogP contribution in [0.3, 0.4) is 0 Å². The van der Waals surface area contributed by atoms with Gasteiger partial charge in [-0.2, -0.15) is 5.10 Å². The molecule has 1 amide bonds. The van der Waals surface area contributed by atoms with E-state index in [0.717, 1.165) is 55.4 Å². The topological polar surface area (TPSA) is 91.3 Å². The fraction of sp³-hybridized carbons (Fsp3) is 0.500. The number of H-pyrrole nitrogens is 1. The Kier molecular flexibility index (Phi) is 4.83. The SMILES string of the molecule is O=C(NC1CCCCC1)c1cccc2nn3c(C4CCNCC4)cc(=O)[nH]c3c12. The van der Waals surface area contributed by atoms with Crippen molar-refractivity contribution in [1.82, 2.24) is 25.2 Å². The molecule has 152 valence electrons. The third kappa shape index (κ3) is 3.44. The van der Waals surface area contributed by atoms with E-state index >= 15 is 0 Å². The van der Waals surface area contributed by atoms with E-state index in [4.69, 9.17) is 5.10 Å². The van der Waals surface area contributed by atoms with Crippen LogP contribution in [0.4, 0.5) is 0 Å². The van der Waals surface area contributed by atoms with Gasteiger partial charge in [-0.3, -0.25) is 9.59 Å². The number of aromatic amines is 1. The number of nitrogens with zero attached hydrogens (tertiary/aromatic N) is 2. The van der Waals surface area contributed by atoms with Gasteiger partial charge in [-0.15, -0.1) is 0 Å². The van der Waals surface area contributed by atoms with E-state index in [1.54, 1.807) is 6.07 Å². The number of hydrogen-bond donors (Lipinski definition) is 3. The number of amides is 1. The third-order valence-corrected chi connectivity index (χ3v) is 6.41. The molecule has 1 saturated carbocycles. The fourth-order valence-electron chi connectivity index (χ4n) is 4.89. The Morgan fingerprint density at radius 3 is 2.69 bits per heavy atom. The number of hydrogen-bond acceptors (Lipinski definition) is 4. The van der Waals surface area contributed by atoms with Gasteiger partial charge < -0.3 is 15.6 Å². The summed E-state index contributed by atoms with van der Waals surface area (Å²) >= 11 is 0. The second kappa shape index (κ2) is 7.63. The molecule has 7 heteroatoms. The predicted molar refractivity (Wildman–Crippen MR) is 113 cm³/mol. The summed E-state index contributed by atoms with van der Waals surface area (Å²) in [7, 11) is 0. The molecular weight excluding hydrogens is 366 g/mol. The summed E-state index contributed by atoms with van der Waals surface area (Å²) in [5, 5.41) is 12.1. The monoisotopic (exact) mass is 393 g/mol. The summed E-state index contributed by atoms with van der Waals surface area (Å²) < 4.78 is 1.85. The second-order valence-electron chi connectivity index (χ2n) is 8.35. The van der Waals surface area contributed by atoms with Crippen molar-refractivity contribution in [2.24, 2.45) is 0 Å². The van der Waals surface area contributed by atoms with E-state index in [-0.39, 0.29) is 23.4 Å². The average molecular weight is 393 g/mol. The highest BCUT2D eigenvalue weighted by Gasteiger charge is 2.24. The Morgan fingerprint density at radius 2 is 1.90 bits per heavy atom. The maximum absolute atomic E-state index is 13.1. The van der Waals surface area contributed by atoms with Crippen LogP contribution in [0.1, 0.15) is 66.9 Å². The first-order chi connectivity index (χ1) is 14.2. The van der Waals surface area contributed by atoms with Gasteiger partial charge in [0, 0.05) is 18.0 Å². The van der Waals surface area contributed by atoms with Crippen LogP contribution in [0, 0.1) is 0 Å². The maximum atomic E-state index is 13.1. The number of benzene rings is 1. The first-order valence-corrected chi connectivity index (χ1v) is 10.8. The largest absolute Gasteiger partial charge is 0.349 e. The van der Waals surface area contributed by atoms with Crippen molar-refractivity contribution >= 4 is 22.5 Å². The zero-order chi connectivity index (χ0) is 19.8. The fourth-order valence-corrected chi connectivity index (χ4v) is 4.89. The molecule has 0 radical (unpaired) electrons. The Morgan fingerprint density at radius 1 is 1.10 bits per heavy atom. The summed E-state index contributed by atoms with van der Waals surface area (Å²) in [5.41, 5.74) is 2.73. The van der Waals surface area contributed by atoms with Crippen molar-refractivity contribution in [1.29, 1.82) is 0 Å². The third-order valence-electron chi connectivity index (χ3n) is 6.41. The predicted octanol–water partition coefficient (Wildman–Crippen LogP) is 2.71. The van der Waals surface area contributed by atoms with Crippen molar-refractivity contribution in [3.63, 3.8) is 0 Å². The van der Waals surface area contributed by atoms with E-state index in [1.807, 2.05) is 22.7 Å². The molecule has 2 aliphatic rings. The molecule has 1 saturated heterocycles.